The molecule has 6 heteroatoms. The van der Waals surface area contributed by atoms with E-state index in [-0.39, 0.29) is 22.8 Å². The lowest BCUT2D eigenvalue weighted by Gasteiger charge is -1.90. The Hall–Kier alpha value is -1.30. The summed E-state index contributed by atoms with van der Waals surface area (Å²) in [6, 6.07) is 0. The van der Waals surface area contributed by atoms with Crippen molar-refractivity contribution < 1.29 is 22.7 Å². The summed E-state index contributed by atoms with van der Waals surface area (Å²) in [5.74, 6) is -1.30. The van der Waals surface area contributed by atoms with Crippen molar-refractivity contribution >= 4 is 15.8 Å². The number of hydrogen-bond acceptors (Lipinski definition) is 4. The molecule has 2 heterocycles. The second-order valence-electron chi connectivity index (χ2n) is 2.89. The van der Waals surface area contributed by atoms with Crippen LogP contribution in [-0.4, -0.2) is 19.5 Å². The smallest absolute Gasteiger partial charge is 0.339 e. The van der Waals surface area contributed by atoms with Gasteiger partial charge in [0.2, 0.25) is 0 Å². The maximum atomic E-state index is 11.1. The maximum absolute atomic E-state index is 11.1. The maximum Gasteiger partial charge on any atom is 0.339 e. The number of carbonyl (C=O) groups is 1. The molecular formula is C7H6O5S. The summed E-state index contributed by atoms with van der Waals surface area (Å²) in [5, 5.41) is 8.65. The van der Waals surface area contributed by atoms with Crippen LogP contribution in [0.1, 0.15) is 21.7 Å². The zero-order valence-corrected chi connectivity index (χ0v) is 7.30. The molecule has 0 saturated heterocycles. The molecule has 0 bridgehead atoms. The van der Waals surface area contributed by atoms with Gasteiger partial charge in [-0.2, -0.15) is 0 Å². The molecule has 0 fully saturated rings. The standard InChI is InChI=1S/C7H6O5S/c8-7(9)4-1-12-6-3-13(10,11)2-5(4)6/h1H,2-3H2,(H,8,9). The lowest BCUT2D eigenvalue weighted by Crippen LogP contribution is -2.01. The highest BCUT2D eigenvalue weighted by Gasteiger charge is 2.32. The molecule has 0 saturated carbocycles. The van der Waals surface area contributed by atoms with Gasteiger partial charge in [-0.1, -0.05) is 0 Å². The molecule has 0 atom stereocenters. The third-order valence-electron chi connectivity index (χ3n) is 1.93. The summed E-state index contributed by atoms with van der Waals surface area (Å²) < 4.78 is 27.0. The molecule has 0 radical (unpaired) electrons. The van der Waals surface area contributed by atoms with Gasteiger partial charge in [0.05, 0.1) is 5.75 Å². The van der Waals surface area contributed by atoms with Crippen molar-refractivity contribution in [2.45, 2.75) is 11.5 Å². The third-order valence-corrected chi connectivity index (χ3v) is 3.36. The first-order valence-corrected chi connectivity index (χ1v) is 5.35. The van der Waals surface area contributed by atoms with E-state index in [4.69, 9.17) is 9.52 Å². The Labute approximate surface area is 73.9 Å². The summed E-state index contributed by atoms with van der Waals surface area (Å²) in [7, 11) is -3.18. The van der Waals surface area contributed by atoms with Crippen LogP contribution in [0.3, 0.4) is 0 Å². The Kier molecular flexibility index (Phi) is 1.50. The molecule has 13 heavy (non-hydrogen) atoms. The molecule has 0 aromatic carbocycles. The van der Waals surface area contributed by atoms with E-state index in [9.17, 15) is 13.2 Å². The fourth-order valence-corrected chi connectivity index (χ4v) is 2.85. The minimum atomic E-state index is -3.18. The molecule has 0 unspecified atom stereocenters. The van der Waals surface area contributed by atoms with Gasteiger partial charge >= 0.3 is 5.97 Å². The number of carboxylic acid groups (broad SMARTS) is 1. The van der Waals surface area contributed by atoms with Gasteiger partial charge in [-0.3, -0.25) is 0 Å². The number of sulfone groups is 1. The van der Waals surface area contributed by atoms with Crippen molar-refractivity contribution in [1.82, 2.24) is 0 Å². The van der Waals surface area contributed by atoms with Crippen LogP contribution in [-0.2, 0) is 21.3 Å². The summed E-state index contributed by atoms with van der Waals surface area (Å²) >= 11 is 0. The van der Waals surface area contributed by atoms with Gasteiger partial charge in [0.15, 0.2) is 9.84 Å². The molecule has 1 aromatic rings. The second kappa shape index (κ2) is 2.35. The second-order valence-corrected chi connectivity index (χ2v) is 4.95. The summed E-state index contributed by atoms with van der Waals surface area (Å²) in [6.45, 7) is 0. The molecule has 0 aliphatic carbocycles. The van der Waals surface area contributed by atoms with Crippen molar-refractivity contribution in [1.29, 1.82) is 0 Å². The van der Waals surface area contributed by atoms with E-state index >= 15 is 0 Å². The normalized spacial score (nSPS) is 18.5. The van der Waals surface area contributed by atoms with Gasteiger partial charge in [-0.25, -0.2) is 13.2 Å². The number of rotatable bonds is 1. The summed E-state index contributed by atoms with van der Waals surface area (Å²) in [4.78, 5) is 10.6. The van der Waals surface area contributed by atoms with Crippen LogP contribution in [0.15, 0.2) is 10.7 Å². The first kappa shape index (κ1) is 8.31. The topological polar surface area (TPSA) is 84.6 Å². The van der Waals surface area contributed by atoms with Crippen LogP contribution < -0.4 is 0 Å². The van der Waals surface area contributed by atoms with Crippen molar-refractivity contribution in [2.75, 3.05) is 0 Å². The monoisotopic (exact) mass is 202 g/mol. The molecule has 0 spiro atoms. The Bertz CT molecular complexity index is 467. The molecule has 70 valence electrons. The van der Waals surface area contributed by atoms with E-state index < -0.39 is 15.8 Å². The average Bonchev–Trinajstić information content (AvgIpc) is 2.41. The van der Waals surface area contributed by atoms with Gasteiger partial charge < -0.3 is 9.52 Å². The Morgan fingerprint density at radius 2 is 2.15 bits per heavy atom. The number of carboxylic acids is 1. The summed E-state index contributed by atoms with van der Waals surface area (Å²) in [5.41, 5.74) is 0.253. The van der Waals surface area contributed by atoms with Crippen LogP contribution in [0.4, 0.5) is 0 Å². The van der Waals surface area contributed by atoms with Crippen LogP contribution in [0.5, 0.6) is 0 Å². The Morgan fingerprint density at radius 1 is 1.46 bits per heavy atom. The zero-order valence-electron chi connectivity index (χ0n) is 6.48. The van der Waals surface area contributed by atoms with E-state index in [1.54, 1.807) is 0 Å². The SMILES string of the molecule is O=C(O)c1coc2c1CS(=O)(=O)C2. The molecule has 0 amide bonds. The molecular weight excluding hydrogens is 196 g/mol. The number of aromatic carboxylic acids is 1. The molecule has 1 N–H and O–H groups in total. The van der Waals surface area contributed by atoms with Crippen LogP contribution in [0.2, 0.25) is 0 Å². The number of hydrogen-bond donors (Lipinski definition) is 1. The minimum Gasteiger partial charge on any atom is -0.478 e. The molecule has 1 aliphatic rings. The first-order valence-electron chi connectivity index (χ1n) is 3.52. The van der Waals surface area contributed by atoms with Crippen molar-refractivity contribution in [2.24, 2.45) is 0 Å². The van der Waals surface area contributed by atoms with Gasteiger partial charge in [0, 0.05) is 5.56 Å². The lowest BCUT2D eigenvalue weighted by molar-refractivity contribution is 0.0695. The first-order chi connectivity index (χ1) is 5.99. The van der Waals surface area contributed by atoms with Gasteiger partial charge in [0.25, 0.3) is 0 Å². The zero-order chi connectivity index (χ0) is 9.64. The van der Waals surface area contributed by atoms with Crippen molar-refractivity contribution in [3.63, 3.8) is 0 Å². The summed E-state index contributed by atoms with van der Waals surface area (Å²) in [6.07, 6.45) is 1.08. The Balaban J connectivity index is 2.55. The van der Waals surface area contributed by atoms with E-state index in [0.29, 0.717) is 5.56 Å². The van der Waals surface area contributed by atoms with Gasteiger partial charge in [-0.05, 0) is 0 Å². The van der Waals surface area contributed by atoms with Crippen molar-refractivity contribution in [3.05, 3.63) is 23.2 Å². The van der Waals surface area contributed by atoms with Gasteiger partial charge in [0.1, 0.15) is 23.3 Å². The molecule has 1 aromatic heterocycles. The quantitative estimate of drug-likeness (QED) is 0.712. The van der Waals surface area contributed by atoms with Gasteiger partial charge in [-0.15, -0.1) is 0 Å². The predicted molar refractivity (Wildman–Crippen MR) is 42.0 cm³/mol. The fourth-order valence-electron chi connectivity index (χ4n) is 1.35. The van der Waals surface area contributed by atoms with E-state index in [0.717, 1.165) is 6.26 Å². The van der Waals surface area contributed by atoms with E-state index in [1.807, 2.05) is 0 Å². The third kappa shape index (κ3) is 1.23. The lowest BCUT2D eigenvalue weighted by atomic mass is 10.2. The largest absolute Gasteiger partial charge is 0.478 e. The molecule has 1 aliphatic heterocycles. The fraction of sp³-hybridized carbons (Fsp3) is 0.286. The molecule has 2 rings (SSSR count). The van der Waals surface area contributed by atoms with Crippen molar-refractivity contribution in [3.8, 4) is 0 Å². The highest BCUT2D eigenvalue weighted by atomic mass is 32.2. The van der Waals surface area contributed by atoms with E-state index in [1.165, 1.54) is 0 Å². The highest BCUT2D eigenvalue weighted by Crippen LogP contribution is 2.29. The van der Waals surface area contributed by atoms with E-state index in [2.05, 4.69) is 0 Å². The minimum absolute atomic E-state index is 0.0453. The average molecular weight is 202 g/mol. The Morgan fingerprint density at radius 3 is 2.77 bits per heavy atom. The predicted octanol–water partition coefficient (Wildman–Crippen LogP) is 0.406. The highest BCUT2D eigenvalue weighted by molar-refractivity contribution is 7.90. The van der Waals surface area contributed by atoms with Crippen LogP contribution in [0, 0.1) is 0 Å². The number of furan rings is 1. The molecule has 5 nitrogen and oxygen atoms in total. The number of fused-ring (bicyclic) bond motifs is 1. The van der Waals surface area contributed by atoms with Crippen LogP contribution >= 0.6 is 0 Å². The van der Waals surface area contributed by atoms with Crippen LogP contribution in [0.25, 0.3) is 0 Å².